The summed E-state index contributed by atoms with van der Waals surface area (Å²) in [5, 5.41) is 11.6. The molecule has 106 valence electrons. The predicted octanol–water partition coefficient (Wildman–Crippen LogP) is 2.94. The average Bonchev–Trinajstić information content (AvgIpc) is 2.45. The summed E-state index contributed by atoms with van der Waals surface area (Å²) < 4.78 is 0. The van der Waals surface area contributed by atoms with Gasteiger partial charge in [-0.05, 0) is 43.2 Å². The van der Waals surface area contributed by atoms with Gasteiger partial charge in [-0.1, -0.05) is 23.8 Å². The zero-order valence-electron chi connectivity index (χ0n) is 12.1. The standard InChI is InChI=1S/C17H17N3O/c1-11-3-4-12(2)14(7-11)9-17(21)20-16-6-5-13(10-18)8-15(16)19/h3-8H,9,19H2,1-2H3,(H,20,21). The van der Waals surface area contributed by atoms with Crippen LogP contribution in [0.15, 0.2) is 36.4 Å². The van der Waals surface area contributed by atoms with Gasteiger partial charge in [-0.3, -0.25) is 4.79 Å². The van der Waals surface area contributed by atoms with Gasteiger partial charge in [0, 0.05) is 0 Å². The molecule has 0 fully saturated rings. The van der Waals surface area contributed by atoms with Crippen LogP contribution in [0.3, 0.4) is 0 Å². The number of carbonyl (C=O) groups excluding carboxylic acids is 1. The molecule has 21 heavy (non-hydrogen) atoms. The maximum atomic E-state index is 12.1. The van der Waals surface area contributed by atoms with Gasteiger partial charge in [0.1, 0.15) is 0 Å². The van der Waals surface area contributed by atoms with E-state index in [9.17, 15) is 4.79 Å². The summed E-state index contributed by atoms with van der Waals surface area (Å²) in [6.07, 6.45) is 0.299. The van der Waals surface area contributed by atoms with Crippen molar-refractivity contribution in [1.82, 2.24) is 0 Å². The van der Waals surface area contributed by atoms with Crippen LogP contribution in [0.1, 0.15) is 22.3 Å². The van der Waals surface area contributed by atoms with Gasteiger partial charge in [0.15, 0.2) is 0 Å². The molecule has 0 unspecified atom stereocenters. The third-order valence-corrected chi connectivity index (χ3v) is 3.31. The van der Waals surface area contributed by atoms with Crippen LogP contribution in [-0.2, 0) is 11.2 Å². The number of hydrogen-bond acceptors (Lipinski definition) is 3. The van der Waals surface area contributed by atoms with Crippen LogP contribution in [0, 0.1) is 25.2 Å². The summed E-state index contributed by atoms with van der Waals surface area (Å²) in [5.41, 5.74) is 10.4. The molecule has 0 saturated carbocycles. The van der Waals surface area contributed by atoms with E-state index in [4.69, 9.17) is 11.0 Å². The van der Waals surface area contributed by atoms with Crippen molar-refractivity contribution in [2.45, 2.75) is 20.3 Å². The molecule has 3 N–H and O–H groups in total. The zero-order valence-corrected chi connectivity index (χ0v) is 12.1. The first kappa shape index (κ1) is 14.6. The van der Waals surface area contributed by atoms with E-state index >= 15 is 0 Å². The Morgan fingerprint density at radius 1 is 1.24 bits per heavy atom. The molecule has 0 bridgehead atoms. The smallest absolute Gasteiger partial charge is 0.228 e. The first-order chi connectivity index (χ1) is 9.99. The number of hydrogen-bond donors (Lipinski definition) is 2. The van der Waals surface area contributed by atoms with Crippen LogP contribution in [-0.4, -0.2) is 5.91 Å². The minimum atomic E-state index is -0.125. The summed E-state index contributed by atoms with van der Waals surface area (Å²) in [6.45, 7) is 3.98. The van der Waals surface area contributed by atoms with E-state index in [0.717, 1.165) is 16.7 Å². The summed E-state index contributed by atoms with van der Waals surface area (Å²) in [5.74, 6) is -0.125. The van der Waals surface area contributed by atoms with Gasteiger partial charge in [-0.25, -0.2) is 0 Å². The lowest BCUT2D eigenvalue weighted by Crippen LogP contribution is -2.16. The van der Waals surface area contributed by atoms with E-state index in [-0.39, 0.29) is 5.91 Å². The van der Waals surface area contributed by atoms with E-state index in [1.807, 2.05) is 38.1 Å². The summed E-state index contributed by atoms with van der Waals surface area (Å²) >= 11 is 0. The van der Waals surface area contributed by atoms with Crippen molar-refractivity contribution in [2.75, 3.05) is 11.1 Å². The van der Waals surface area contributed by atoms with E-state index in [1.54, 1.807) is 18.2 Å². The number of amides is 1. The number of nitrogens with one attached hydrogen (secondary N) is 1. The van der Waals surface area contributed by atoms with Crippen molar-refractivity contribution >= 4 is 17.3 Å². The molecule has 4 nitrogen and oxygen atoms in total. The molecular weight excluding hydrogens is 262 g/mol. The Labute approximate surface area is 124 Å². The summed E-state index contributed by atoms with van der Waals surface area (Å²) in [7, 11) is 0. The Morgan fingerprint density at radius 3 is 2.67 bits per heavy atom. The fraction of sp³-hybridized carbons (Fsp3) is 0.176. The Morgan fingerprint density at radius 2 is 2.00 bits per heavy atom. The van der Waals surface area contributed by atoms with Crippen LogP contribution in [0.4, 0.5) is 11.4 Å². The van der Waals surface area contributed by atoms with E-state index in [2.05, 4.69) is 5.32 Å². The maximum Gasteiger partial charge on any atom is 0.228 e. The zero-order chi connectivity index (χ0) is 15.4. The second-order valence-electron chi connectivity index (χ2n) is 5.07. The molecule has 2 aromatic rings. The molecule has 0 aliphatic rings. The highest BCUT2D eigenvalue weighted by Crippen LogP contribution is 2.20. The predicted molar refractivity (Wildman–Crippen MR) is 83.8 cm³/mol. The highest BCUT2D eigenvalue weighted by molar-refractivity contribution is 5.95. The molecule has 0 heterocycles. The fourth-order valence-corrected chi connectivity index (χ4v) is 2.10. The third-order valence-electron chi connectivity index (χ3n) is 3.31. The van der Waals surface area contributed by atoms with Gasteiger partial charge in [0.05, 0.1) is 29.4 Å². The number of nitrogens with zero attached hydrogens (tertiary/aromatic N) is 1. The van der Waals surface area contributed by atoms with Crippen molar-refractivity contribution in [2.24, 2.45) is 0 Å². The fourth-order valence-electron chi connectivity index (χ4n) is 2.10. The monoisotopic (exact) mass is 279 g/mol. The molecule has 1 amide bonds. The Balaban J connectivity index is 2.12. The van der Waals surface area contributed by atoms with Crippen LogP contribution < -0.4 is 11.1 Å². The van der Waals surface area contributed by atoms with Gasteiger partial charge in [0.2, 0.25) is 5.91 Å². The van der Waals surface area contributed by atoms with Crippen molar-refractivity contribution in [3.8, 4) is 6.07 Å². The minimum absolute atomic E-state index is 0.125. The molecule has 0 aliphatic heterocycles. The molecule has 0 atom stereocenters. The molecule has 0 saturated heterocycles. The normalized spacial score (nSPS) is 9.95. The molecular formula is C17H17N3O. The van der Waals surface area contributed by atoms with Gasteiger partial charge >= 0.3 is 0 Å². The average molecular weight is 279 g/mol. The number of aryl methyl sites for hydroxylation is 2. The van der Waals surface area contributed by atoms with Crippen LogP contribution >= 0.6 is 0 Å². The number of nitrogens with two attached hydrogens (primary N) is 1. The first-order valence-corrected chi connectivity index (χ1v) is 6.65. The molecule has 4 heteroatoms. The van der Waals surface area contributed by atoms with E-state index in [0.29, 0.717) is 23.4 Å². The van der Waals surface area contributed by atoms with Gasteiger partial charge < -0.3 is 11.1 Å². The largest absolute Gasteiger partial charge is 0.397 e. The van der Waals surface area contributed by atoms with Crippen molar-refractivity contribution in [1.29, 1.82) is 5.26 Å². The lowest BCUT2D eigenvalue weighted by Gasteiger charge is -2.10. The van der Waals surface area contributed by atoms with Gasteiger partial charge in [-0.2, -0.15) is 5.26 Å². The Hall–Kier alpha value is -2.80. The molecule has 2 aromatic carbocycles. The Kier molecular flexibility index (Phi) is 4.24. The molecule has 0 spiro atoms. The summed E-state index contributed by atoms with van der Waals surface area (Å²) in [6, 6.07) is 12.9. The van der Waals surface area contributed by atoms with Crippen LogP contribution in [0.2, 0.25) is 0 Å². The van der Waals surface area contributed by atoms with Crippen molar-refractivity contribution < 1.29 is 4.79 Å². The van der Waals surface area contributed by atoms with Crippen molar-refractivity contribution in [3.63, 3.8) is 0 Å². The molecule has 2 rings (SSSR count). The van der Waals surface area contributed by atoms with E-state index in [1.165, 1.54) is 0 Å². The van der Waals surface area contributed by atoms with E-state index < -0.39 is 0 Å². The minimum Gasteiger partial charge on any atom is -0.397 e. The second-order valence-corrected chi connectivity index (χ2v) is 5.07. The number of nitriles is 1. The lowest BCUT2D eigenvalue weighted by atomic mass is 10.0. The van der Waals surface area contributed by atoms with Gasteiger partial charge in [-0.15, -0.1) is 0 Å². The highest BCUT2D eigenvalue weighted by atomic mass is 16.1. The number of carbonyl (C=O) groups is 1. The highest BCUT2D eigenvalue weighted by Gasteiger charge is 2.09. The number of benzene rings is 2. The third kappa shape index (κ3) is 3.61. The first-order valence-electron chi connectivity index (χ1n) is 6.65. The van der Waals surface area contributed by atoms with Crippen LogP contribution in [0.25, 0.3) is 0 Å². The molecule has 0 aliphatic carbocycles. The van der Waals surface area contributed by atoms with Crippen LogP contribution in [0.5, 0.6) is 0 Å². The number of nitrogen functional groups attached to an aromatic ring is 1. The SMILES string of the molecule is Cc1ccc(C)c(CC(=O)Nc2ccc(C#N)cc2N)c1. The second kappa shape index (κ2) is 6.10. The van der Waals surface area contributed by atoms with Crippen molar-refractivity contribution in [3.05, 3.63) is 58.7 Å². The quantitative estimate of drug-likeness (QED) is 0.848. The Bertz CT molecular complexity index is 729. The molecule has 0 radical (unpaired) electrons. The lowest BCUT2D eigenvalue weighted by molar-refractivity contribution is -0.115. The number of anilines is 2. The summed E-state index contributed by atoms with van der Waals surface area (Å²) in [4.78, 5) is 12.1. The topological polar surface area (TPSA) is 78.9 Å². The molecule has 0 aromatic heterocycles. The van der Waals surface area contributed by atoms with Gasteiger partial charge in [0.25, 0.3) is 0 Å². The maximum absolute atomic E-state index is 12.1. The number of rotatable bonds is 3.